The van der Waals surface area contributed by atoms with Crippen LogP contribution in [-0.2, 0) is 4.79 Å². The molecule has 0 radical (unpaired) electrons. The van der Waals surface area contributed by atoms with E-state index in [4.69, 9.17) is 16.2 Å². The number of nitrogens with zero attached hydrogens (tertiary/aromatic N) is 1. The van der Waals surface area contributed by atoms with Crippen LogP contribution in [0.3, 0.4) is 0 Å². The lowest BCUT2D eigenvalue weighted by atomic mass is 9.96. The Morgan fingerprint density at radius 3 is 2.52 bits per heavy atom. The minimum atomic E-state index is -0.496. The van der Waals surface area contributed by atoms with Crippen LogP contribution in [0.1, 0.15) is 18.1 Å². The van der Waals surface area contributed by atoms with Gasteiger partial charge in [-0.3, -0.25) is 4.79 Å². The molecule has 6 heteroatoms. The number of hydrogen-bond acceptors (Lipinski definition) is 3. The zero-order valence-corrected chi connectivity index (χ0v) is 14.4. The molecule has 0 unspecified atom stereocenters. The van der Waals surface area contributed by atoms with E-state index in [-0.39, 0.29) is 11.7 Å². The molecule has 0 aliphatic carbocycles. The number of nitrogens with two attached hydrogens (primary N) is 2. The first-order valence-electron chi connectivity index (χ1n) is 7.62. The van der Waals surface area contributed by atoms with E-state index in [9.17, 15) is 9.90 Å². The van der Waals surface area contributed by atoms with Crippen molar-refractivity contribution in [1.82, 2.24) is 0 Å². The van der Waals surface area contributed by atoms with Crippen molar-refractivity contribution in [2.45, 2.75) is 13.8 Å². The fraction of sp³-hybridized carbons (Fsp3) is 0.158. The van der Waals surface area contributed by atoms with Crippen molar-refractivity contribution in [1.29, 1.82) is 0 Å². The molecule has 2 aromatic rings. The topological polar surface area (TPSA) is 111 Å². The van der Waals surface area contributed by atoms with Crippen LogP contribution in [0, 0.1) is 6.92 Å². The number of aryl methyl sites for hydroxylation is 1. The van der Waals surface area contributed by atoms with Crippen molar-refractivity contribution < 1.29 is 14.6 Å². The zero-order chi connectivity index (χ0) is 18.6. The van der Waals surface area contributed by atoms with E-state index in [2.05, 4.69) is 4.99 Å². The molecule has 2 aromatic carbocycles. The highest BCUT2D eigenvalue weighted by Gasteiger charge is 2.10. The fourth-order valence-electron chi connectivity index (χ4n) is 2.40. The van der Waals surface area contributed by atoms with Crippen molar-refractivity contribution in [2.24, 2.45) is 16.5 Å². The summed E-state index contributed by atoms with van der Waals surface area (Å²) < 4.78 is 5.08. The molecule has 0 heterocycles. The molecule has 2 rings (SSSR count). The van der Waals surface area contributed by atoms with Gasteiger partial charge in [0.05, 0.1) is 7.11 Å². The molecule has 0 aromatic heterocycles. The van der Waals surface area contributed by atoms with Crippen molar-refractivity contribution in [2.75, 3.05) is 7.11 Å². The largest absolute Gasteiger partial charge is 0.504 e. The van der Waals surface area contributed by atoms with E-state index in [1.807, 2.05) is 31.2 Å². The van der Waals surface area contributed by atoms with Gasteiger partial charge in [-0.15, -0.1) is 0 Å². The molecular weight excluding hydrogens is 318 g/mol. The Morgan fingerprint density at radius 2 is 1.92 bits per heavy atom. The maximum absolute atomic E-state index is 11.9. The van der Waals surface area contributed by atoms with Gasteiger partial charge in [-0.25, -0.2) is 0 Å². The van der Waals surface area contributed by atoms with Crippen LogP contribution in [0.5, 0.6) is 11.5 Å². The minimum absolute atomic E-state index is 0.0461. The van der Waals surface area contributed by atoms with Crippen LogP contribution in [0.4, 0.5) is 0 Å². The third-order valence-corrected chi connectivity index (χ3v) is 3.64. The number of aromatic hydroxyl groups is 1. The van der Waals surface area contributed by atoms with Gasteiger partial charge >= 0.3 is 0 Å². The minimum Gasteiger partial charge on any atom is -0.504 e. The van der Waals surface area contributed by atoms with Crippen LogP contribution in [0.25, 0.3) is 17.2 Å². The maximum Gasteiger partial charge on any atom is 0.275 e. The first-order valence-corrected chi connectivity index (χ1v) is 7.62. The third kappa shape index (κ3) is 4.38. The Balaban J connectivity index is 2.53. The molecule has 0 aliphatic rings. The summed E-state index contributed by atoms with van der Waals surface area (Å²) in [5.74, 6) is -0.330. The number of aliphatic imine (C=N–C) groups is 1. The number of phenols is 1. The Labute approximate surface area is 146 Å². The number of carbonyl (C=O) groups excluding carboxylic acids is 1. The average molecular weight is 339 g/mol. The molecule has 6 nitrogen and oxygen atoms in total. The van der Waals surface area contributed by atoms with E-state index in [0.29, 0.717) is 11.3 Å². The second-order valence-electron chi connectivity index (χ2n) is 5.65. The van der Waals surface area contributed by atoms with E-state index >= 15 is 0 Å². The number of guanidine groups is 1. The number of benzene rings is 2. The van der Waals surface area contributed by atoms with Gasteiger partial charge in [0, 0.05) is 5.57 Å². The van der Waals surface area contributed by atoms with Crippen LogP contribution in [0.15, 0.2) is 47.0 Å². The molecule has 0 saturated heterocycles. The normalized spacial score (nSPS) is 11.1. The van der Waals surface area contributed by atoms with Gasteiger partial charge in [-0.05, 0) is 48.7 Å². The molecule has 25 heavy (non-hydrogen) atoms. The summed E-state index contributed by atoms with van der Waals surface area (Å²) in [6.07, 6.45) is 1.71. The summed E-state index contributed by atoms with van der Waals surface area (Å²) in [7, 11) is 1.49. The van der Waals surface area contributed by atoms with Gasteiger partial charge < -0.3 is 21.3 Å². The second kappa shape index (κ2) is 7.53. The molecule has 0 aliphatic heterocycles. The first kappa shape index (κ1) is 18.1. The highest BCUT2D eigenvalue weighted by atomic mass is 16.5. The predicted octanol–water partition coefficient (Wildman–Crippen LogP) is 2.58. The Morgan fingerprint density at radius 1 is 1.20 bits per heavy atom. The zero-order valence-electron chi connectivity index (χ0n) is 14.4. The summed E-state index contributed by atoms with van der Waals surface area (Å²) >= 11 is 0. The van der Waals surface area contributed by atoms with Gasteiger partial charge in [-0.1, -0.05) is 29.8 Å². The van der Waals surface area contributed by atoms with Gasteiger partial charge in [0.25, 0.3) is 5.91 Å². The molecule has 0 saturated carbocycles. The van der Waals surface area contributed by atoms with Crippen LogP contribution in [0.2, 0.25) is 0 Å². The Bertz CT molecular complexity index is 866. The summed E-state index contributed by atoms with van der Waals surface area (Å²) in [6.45, 7) is 3.61. The Kier molecular flexibility index (Phi) is 5.44. The monoisotopic (exact) mass is 339 g/mol. The highest BCUT2D eigenvalue weighted by Crippen LogP contribution is 2.34. The second-order valence-corrected chi connectivity index (χ2v) is 5.65. The third-order valence-electron chi connectivity index (χ3n) is 3.64. The summed E-state index contributed by atoms with van der Waals surface area (Å²) in [5, 5.41) is 10.0. The molecule has 0 spiro atoms. The number of methoxy groups -OCH3 is 1. The summed E-state index contributed by atoms with van der Waals surface area (Å²) in [4.78, 5) is 15.5. The molecule has 130 valence electrons. The molecule has 0 bridgehead atoms. The quantitative estimate of drug-likeness (QED) is 0.450. The summed E-state index contributed by atoms with van der Waals surface area (Å²) in [6, 6.07) is 11.0. The molecule has 5 N–H and O–H groups in total. The fourth-order valence-corrected chi connectivity index (χ4v) is 2.40. The number of ether oxygens (including phenoxy) is 1. The lowest BCUT2D eigenvalue weighted by Crippen LogP contribution is -2.24. The van der Waals surface area contributed by atoms with Crippen LogP contribution < -0.4 is 16.2 Å². The van der Waals surface area contributed by atoms with Gasteiger partial charge in [0.1, 0.15) is 0 Å². The van der Waals surface area contributed by atoms with Crippen molar-refractivity contribution in [3.05, 3.63) is 53.1 Å². The van der Waals surface area contributed by atoms with Crippen molar-refractivity contribution >= 4 is 17.9 Å². The maximum atomic E-state index is 11.9. The van der Waals surface area contributed by atoms with Crippen molar-refractivity contribution in [3.8, 4) is 22.6 Å². The number of phenolic OH excluding ortho intramolecular Hbond substituents is 1. The van der Waals surface area contributed by atoms with E-state index in [1.54, 1.807) is 25.1 Å². The number of hydrogen-bond donors (Lipinski definition) is 3. The first-order chi connectivity index (χ1) is 11.8. The summed E-state index contributed by atoms with van der Waals surface area (Å²) in [5.41, 5.74) is 14.4. The molecule has 0 fully saturated rings. The van der Waals surface area contributed by atoms with Crippen molar-refractivity contribution in [3.63, 3.8) is 0 Å². The predicted molar refractivity (Wildman–Crippen MR) is 99.3 cm³/mol. The highest BCUT2D eigenvalue weighted by molar-refractivity contribution is 6.04. The molecule has 0 atom stereocenters. The van der Waals surface area contributed by atoms with Gasteiger partial charge in [-0.2, -0.15) is 4.99 Å². The van der Waals surface area contributed by atoms with E-state index < -0.39 is 5.91 Å². The van der Waals surface area contributed by atoms with E-state index in [1.165, 1.54) is 7.11 Å². The number of amides is 1. The van der Waals surface area contributed by atoms with E-state index in [0.717, 1.165) is 22.3 Å². The SMILES string of the molecule is COc1ccc(-c2cc(C)ccc2C=C(C)C(=O)N=C(N)N)cc1O. The number of carbonyl (C=O) groups is 1. The lowest BCUT2D eigenvalue weighted by molar-refractivity contribution is -0.114. The van der Waals surface area contributed by atoms with Crippen LogP contribution >= 0.6 is 0 Å². The Hall–Kier alpha value is -3.28. The molecule has 1 amide bonds. The van der Waals surface area contributed by atoms with Gasteiger partial charge in [0.2, 0.25) is 0 Å². The van der Waals surface area contributed by atoms with Crippen LogP contribution in [-0.4, -0.2) is 24.1 Å². The number of rotatable bonds is 4. The van der Waals surface area contributed by atoms with Gasteiger partial charge in [0.15, 0.2) is 17.5 Å². The molecular formula is C19H21N3O3. The smallest absolute Gasteiger partial charge is 0.275 e. The average Bonchev–Trinajstić information content (AvgIpc) is 2.55. The standard InChI is InChI=1S/C19H21N3O3/c1-11-4-5-13(9-12(2)18(24)22-19(20)21)15(8-11)14-6-7-17(25-3)16(23)10-14/h4-10,23H,1-3H3,(H4,20,21,22,24). The lowest BCUT2D eigenvalue weighted by Gasteiger charge is -2.11.